The quantitative estimate of drug-likeness (QED) is 0.726. The van der Waals surface area contributed by atoms with Crippen molar-refractivity contribution >= 4 is 34.2 Å². The summed E-state index contributed by atoms with van der Waals surface area (Å²) >= 11 is 6.20. The van der Waals surface area contributed by atoms with Crippen molar-refractivity contribution in [3.8, 4) is 0 Å². The second kappa shape index (κ2) is 7.58. The average Bonchev–Trinajstić information content (AvgIpc) is 3.16. The van der Waals surface area contributed by atoms with Gasteiger partial charge in [-0.2, -0.15) is 5.10 Å². The normalized spacial score (nSPS) is 18.0. The number of piperazine rings is 1. The van der Waals surface area contributed by atoms with E-state index in [2.05, 4.69) is 39.6 Å². The predicted molar refractivity (Wildman–Crippen MR) is 108 cm³/mol. The van der Waals surface area contributed by atoms with Crippen LogP contribution in [-0.2, 0) is 6.42 Å². The fourth-order valence-corrected chi connectivity index (χ4v) is 3.84. The summed E-state index contributed by atoms with van der Waals surface area (Å²) in [6, 6.07) is 13.9. The Morgan fingerprint density at radius 1 is 1.26 bits per heavy atom. The highest BCUT2D eigenvalue weighted by Crippen LogP contribution is 2.28. The van der Waals surface area contributed by atoms with Gasteiger partial charge in [-0.05, 0) is 31.2 Å². The maximum atomic E-state index is 13.1. The third-order valence-corrected chi connectivity index (χ3v) is 5.39. The van der Waals surface area contributed by atoms with Crippen molar-refractivity contribution in [2.75, 3.05) is 32.0 Å². The first-order chi connectivity index (χ1) is 13.1. The molecule has 27 heavy (non-hydrogen) atoms. The minimum Gasteiger partial charge on any atom is -0.319 e. The molecule has 2 amide bonds. The fraction of sp³-hybridized carbons (Fsp3) is 0.300. The van der Waals surface area contributed by atoms with E-state index in [0.29, 0.717) is 17.3 Å². The van der Waals surface area contributed by atoms with Crippen LogP contribution >= 0.6 is 11.6 Å². The van der Waals surface area contributed by atoms with Crippen LogP contribution in [0.25, 0.3) is 10.9 Å². The Bertz CT molecular complexity index is 942. The molecule has 1 saturated heterocycles. The number of hydrogen-bond donors (Lipinski definition) is 2. The van der Waals surface area contributed by atoms with Crippen LogP contribution in [0.2, 0.25) is 5.02 Å². The molecule has 1 unspecified atom stereocenters. The maximum absolute atomic E-state index is 13.1. The van der Waals surface area contributed by atoms with Crippen LogP contribution < -0.4 is 5.32 Å². The second-order valence-corrected chi connectivity index (χ2v) is 7.39. The standard InChI is InChI=1S/C20H22ClN5O/c1-25-9-10-26(15(13-25)11-14-5-3-2-4-6-14)20(27)23-18-8-7-17(21)16-12-22-24-19(16)18/h2-8,12,15H,9-11,13H2,1H3,(H,22,24)(H,23,27). The molecular weight excluding hydrogens is 362 g/mol. The van der Waals surface area contributed by atoms with Crippen LogP contribution in [0.4, 0.5) is 10.5 Å². The molecule has 140 valence electrons. The summed E-state index contributed by atoms with van der Waals surface area (Å²) in [5.74, 6) is 0. The Balaban J connectivity index is 1.55. The number of aromatic amines is 1. The van der Waals surface area contributed by atoms with Gasteiger partial charge in [-0.15, -0.1) is 0 Å². The fourth-order valence-electron chi connectivity index (χ4n) is 3.63. The minimum absolute atomic E-state index is 0.0951. The van der Waals surface area contributed by atoms with E-state index in [1.807, 2.05) is 29.2 Å². The van der Waals surface area contributed by atoms with E-state index in [9.17, 15) is 4.79 Å². The largest absolute Gasteiger partial charge is 0.322 e. The Labute approximate surface area is 163 Å². The number of urea groups is 1. The molecule has 2 aromatic carbocycles. The van der Waals surface area contributed by atoms with Gasteiger partial charge in [0.2, 0.25) is 0 Å². The molecule has 2 N–H and O–H groups in total. The Hall–Kier alpha value is -2.57. The van der Waals surface area contributed by atoms with Gasteiger partial charge in [0.1, 0.15) is 0 Å². The van der Waals surface area contributed by atoms with E-state index in [-0.39, 0.29) is 12.1 Å². The molecule has 2 heterocycles. The molecule has 1 aliphatic rings. The van der Waals surface area contributed by atoms with Gasteiger partial charge >= 0.3 is 6.03 Å². The second-order valence-electron chi connectivity index (χ2n) is 6.98. The number of hydrogen-bond acceptors (Lipinski definition) is 3. The van der Waals surface area contributed by atoms with Crippen molar-refractivity contribution in [1.29, 1.82) is 0 Å². The van der Waals surface area contributed by atoms with Crippen LogP contribution in [0.3, 0.4) is 0 Å². The number of fused-ring (bicyclic) bond motifs is 1. The summed E-state index contributed by atoms with van der Waals surface area (Å²) < 4.78 is 0. The molecule has 1 atom stereocenters. The number of H-pyrrole nitrogens is 1. The number of likely N-dealkylation sites (N-methyl/N-ethyl adjacent to an activating group) is 1. The molecule has 0 radical (unpaired) electrons. The molecule has 7 heteroatoms. The van der Waals surface area contributed by atoms with Gasteiger partial charge in [0.15, 0.2) is 0 Å². The summed E-state index contributed by atoms with van der Waals surface area (Å²) in [7, 11) is 2.10. The van der Waals surface area contributed by atoms with Gasteiger partial charge in [0, 0.05) is 25.0 Å². The maximum Gasteiger partial charge on any atom is 0.322 e. The third-order valence-electron chi connectivity index (χ3n) is 5.06. The summed E-state index contributed by atoms with van der Waals surface area (Å²) in [6.07, 6.45) is 2.50. The van der Waals surface area contributed by atoms with Crippen LogP contribution in [0.5, 0.6) is 0 Å². The molecule has 0 spiro atoms. The van der Waals surface area contributed by atoms with Gasteiger partial charge in [0.05, 0.1) is 28.5 Å². The van der Waals surface area contributed by atoms with Crippen LogP contribution in [0.15, 0.2) is 48.7 Å². The number of nitrogens with zero attached hydrogens (tertiary/aromatic N) is 3. The Morgan fingerprint density at radius 2 is 2.07 bits per heavy atom. The van der Waals surface area contributed by atoms with E-state index >= 15 is 0 Å². The zero-order chi connectivity index (χ0) is 18.8. The van der Waals surface area contributed by atoms with Crippen molar-refractivity contribution in [3.63, 3.8) is 0 Å². The number of aromatic nitrogens is 2. The number of nitrogens with one attached hydrogen (secondary N) is 2. The number of carbonyl (C=O) groups excluding carboxylic acids is 1. The van der Waals surface area contributed by atoms with Crippen molar-refractivity contribution in [2.24, 2.45) is 0 Å². The van der Waals surface area contributed by atoms with Gasteiger partial charge in [-0.1, -0.05) is 41.9 Å². The SMILES string of the molecule is CN1CCN(C(=O)Nc2ccc(Cl)c3cn[nH]c23)C(Cc2ccccc2)C1. The highest BCUT2D eigenvalue weighted by atomic mass is 35.5. The molecule has 6 nitrogen and oxygen atoms in total. The summed E-state index contributed by atoms with van der Waals surface area (Å²) in [4.78, 5) is 17.3. The van der Waals surface area contributed by atoms with Gasteiger partial charge in [-0.3, -0.25) is 5.10 Å². The lowest BCUT2D eigenvalue weighted by Crippen LogP contribution is -2.56. The number of rotatable bonds is 3. The van der Waals surface area contributed by atoms with Crippen molar-refractivity contribution in [1.82, 2.24) is 20.0 Å². The van der Waals surface area contributed by atoms with E-state index in [1.165, 1.54) is 5.56 Å². The molecular formula is C20H22ClN5O. The highest BCUT2D eigenvalue weighted by molar-refractivity contribution is 6.35. The molecule has 1 fully saturated rings. The monoisotopic (exact) mass is 383 g/mol. The van der Waals surface area contributed by atoms with E-state index < -0.39 is 0 Å². The van der Waals surface area contributed by atoms with Gasteiger partial charge < -0.3 is 15.1 Å². The van der Waals surface area contributed by atoms with Crippen molar-refractivity contribution in [2.45, 2.75) is 12.5 Å². The minimum atomic E-state index is -0.0951. The Morgan fingerprint density at radius 3 is 2.89 bits per heavy atom. The van der Waals surface area contributed by atoms with Crippen molar-refractivity contribution < 1.29 is 4.79 Å². The summed E-state index contributed by atoms with van der Waals surface area (Å²) in [5.41, 5.74) is 2.66. The van der Waals surface area contributed by atoms with Gasteiger partial charge in [0.25, 0.3) is 0 Å². The van der Waals surface area contributed by atoms with E-state index in [0.717, 1.165) is 30.4 Å². The Kier molecular flexibility index (Phi) is 5.01. The topological polar surface area (TPSA) is 64.3 Å². The van der Waals surface area contributed by atoms with Crippen molar-refractivity contribution in [3.05, 3.63) is 59.2 Å². The summed E-state index contributed by atoms with van der Waals surface area (Å²) in [5, 5.41) is 11.4. The van der Waals surface area contributed by atoms with Crippen LogP contribution in [0.1, 0.15) is 5.56 Å². The number of anilines is 1. The molecule has 0 bridgehead atoms. The van der Waals surface area contributed by atoms with E-state index in [4.69, 9.17) is 11.6 Å². The van der Waals surface area contributed by atoms with Crippen LogP contribution in [-0.4, -0.2) is 58.8 Å². The molecule has 0 saturated carbocycles. The van der Waals surface area contributed by atoms with E-state index in [1.54, 1.807) is 12.3 Å². The first kappa shape index (κ1) is 17.8. The third kappa shape index (κ3) is 3.77. The number of benzene rings is 2. The lowest BCUT2D eigenvalue weighted by atomic mass is 10.0. The lowest BCUT2D eigenvalue weighted by molar-refractivity contribution is 0.116. The molecule has 1 aliphatic heterocycles. The zero-order valence-corrected chi connectivity index (χ0v) is 15.9. The smallest absolute Gasteiger partial charge is 0.319 e. The first-order valence-electron chi connectivity index (χ1n) is 9.03. The zero-order valence-electron chi connectivity index (χ0n) is 15.2. The molecule has 0 aliphatic carbocycles. The summed E-state index contributed by atoms with van der Waals surface area (Å²) in [6.45, 7) is 2.40. The number of halogens is 1. The molecule has 3 aromatic rings. The van der Waals surface area contributed by atoms with Crippen LogP contribution in [0, 0.1) is 0 Å². The first-order valence-corrected chi connectivity index (χ1v) is 9.41. The highest BCUT2D eigenvalue weighted by Gasteiger charge is 2.29. The molecule has 1 aromatic heterocycles. The lowest BCUT2D eigenvalue weighted by Gasteiger charge is -2.40. The molecule has 4 rings (SSSR count). The average molecular weight is 384 g/mol. The number of carbonyl (C=O) groups is 1. The predicted octanol–water partition coefficient (Wildman–Crippen LogP) is 3.61. The number of amides is 2. The van der Waals surface area contributed by atoms with Gasteiger partial charge in [-0.25, -0.2) is 4.79 Å².